The normalized spacial score (nSPS) is 28.2. The molecule has 0 spiro atoms. The maximum Gasteiger partial charge on any atom is 0.273 e. The first-order chi connectivity index (χ1) is 10.9. The molecule has 0 unspecified atom stereocenters. The number of rotatable bonds is 2. The van der Waals surface area contributed by atoms with Crippen LogP contribution in [0.2, 0.25) is 0 Å². The van der Waals surface area contributed by atoms with Gasteiger partial charge in [-0.3, -0.25) is 4.79 Å². The first-order valence-electron chi connectivity index (χ1n) is 7.41. The van der Waals surface area contributed by atoms with Gasteiger partial charge in [-0.15, -0.1) is 11.3 Å². The molecule has 120 valence electrons. The zero-order chi connectivity index (χ0) is 16.2. The number of sulfone groups is 1. The molecule has 1 aromatic heterocycles. The van der Waals surface area contributed by atoms with Gasteiger partial charge in [0.25, 0.3) is 5.91 Å². The quantitative estimate of drug-likeness (QED) is 0.827. The third-order valence-corrected chi connectivity index (χ3v) is 8.00. The highest BCUT2D eigenvalue weighted by Crippen LogP contribution is 2.48. The maximum absolute atomic E-state index is 12.6. The number of likely N-dealkylation sites (tertiary alicyclic amines) is 1. The molecule has 5 nitrogen and oxygen atoms in total. The number of carbonyl (C=O) groups excluding carboxylic acids is 1. The van der Waals surface area contributed by atoms with Crippen LogP contribution in [-0.2, 0) is 15.3 Å². The molecule has 2 atom stereocenters. The number of hydrogen-bond acceptors (Lipinski definition) is 5. The molecule has 0 saturated carbocycles. The molecule has 0 aliphatic carbocycles. The van der Waals surface area contributed by atoms with Crippen LogP contribution in [0.5, 0.6) is 0 Å². The van der Waals surface area contributed by atoms with E-state index in [1.165, 1.54) is 11.3 Å². The summed E-state index contributed by atoms with van der Waals surface area (Å²) in [7, 11) is -3.12. The number of amides is 1. The van der Waals surface area contributed by atoms with Gasteiger partial charge >= 0.3 is 0 Å². The van der Waals surface area contributed by atoms with Crippen LogP contribution >= 0.6 is 11.3 Å². The number of nitrogens with zero attached hydrogens (tertiary/aromatic N) is 2. The molecule has 2 saturated heterocycles. The highest BCUT2D eigenvalue weighted by molar-refractivity contribution is 7.93. The average molecular weight is 348 g/mol. The van der Waals surface area contributed by atoms with Crippen LogP contribution in [0.25, 0.3) is 0 Å². The van der Waals surface area contributed by atoms with Gasteiger partial charge in [0.05, 0.1) is 16.0 Å². The minimum atomic E-state index is -3.12. The summed E-state index contributed by atoms with van der Waals surface area (Å²) in [4.78, 5) is 18.5. The Labute approximate surface area is 138 Å². The second-order valence-corrected chi connectivity index (χ2v) is 9.50. The fourth-order valence-corrected chi connectivity index (χ4v) is 6.80. The second kappa shape index (κ2) is 4.88. The zero-order valence-corrected chi connectivity index (χ0v) is 14.2. The monoisotopic (exact) mass is 348 g/mol. The molecule has 2 aromatic rings. The van der Waals surface area contributed by atoms with Gasteiger partial charge in [0.2, 0.25) is 0 Å². The van der Waals surface area contributed by atoms with Crippen LogP contribution in [0.1, 0.15) is 21.1 Å². The smallest absolute Gasteiger partial charge is 0.273 e. The molecular weight excluding hydrogens is 332 g/mol. The number of aryl methyl sites for hydroxylation is 1. The molecule has 0 N–H and O–H groups in total. The van der Waals surface area contributed by atoms with Crippen molar-refractivity contribution in [3.05, 3.63) is 52.0 Å². The molecule has 1 amide bonds. The van der Waals surface area contributed by atoms with E-state index in [1.807, 2.05) is 37.3 Å². The van der Waals surface area contributed by atoms with E-state index in [1.54, 1.807) is 10.3 Å². The summed E-state index contributed by atoms with van der Waals surface area (Å²) >= 11 is 1.43. The van der Waals surface area contributed by atoms with Crippen molar-refractivity contribution in [2.75, 3.05) is 18.8 Å². The summed E-state index contributed by atoms with van der Waals surface area (Å²) in [6.07, 6.45) is 0. The minimum Gasteiger partial charge on any atom is -0.335 e. The van der Waals surface area contributed by atoms with Crippen LogP contribution in [0.4, 0.5) is 0 Å². The lowest BCUT2D eigenvalue weighted by Gasteiger charge is -2.43. The largest absolute Gasteiger partial charge is 0.335 e. The van der Waals surface area contributed by atoms with Crippen LogP contribution in [0.3, 0.4) is 0 Å². The highest BCUT2D eigenvalue weighted by Gasteiger charge is 2.64. The molecule has 3 heterocycles. The van der Waals surface area contributed by atoms with E-state index in [-0.39, 0.29) is 18.2 Å². The lowest BCUT2D eigenvalue weighted by Crippen LogP contribution is -2.59. The second-order valence-electron chi connectivity index (χ2n) is 6.26. The maximum atomic E-state index is 12.6. The van der Waals surface area contributed by atoms with Crippen molar-refractivity contribution in [1.29, 1.82) is 0 Å². The third-order valence-electron chi connectivity index (χ3n) is 4.84. The Morgan fingerprint density at radius 2 is 2.09 bits per heavy atom. The van der Waals surface area contributed by atoms with Crippen molar-refractivity contribution in [3.63, 3.8) is 0 Å². The Kier molecular flexibility index (Phi) is 3.15. The van der Waals surface area contributed by atoms with Crippen LogP contribution in [0.15, 0.2) is 35.7 Å². The number of thiazole rings is 1. The van der Waals surface area contributed by atoms with Gasteiger partial charge in [0.1, 0.15) is 5.69 Å². The van der Waals surface area contributed by atoms with Crippen molar-refractivity contribution in [1.82, 2.24) is 9.88 Å². The lowest BCUT2D eigenvalue weighted by atomic mass is 9.80. The van der Waals surface area contributed by atoms with Crippen molar-refractivity contribution in [2.24, 2.45) is 0 Å². The Morgan fingerprint density at radius 3 is 2.70 bits per heavy atom. The predicted molar refractivity (Wildman–Crippen MR) is 88.4 cm³/mol. The SMILES string of the molecule is Cc1nc(C(=O)N2C[C@@H]3[C@](c4ccccc4)(C2)CS3(=O)=O)cs1. The van der Waals surface area contributed by atoms with Crippen LogP contribution in [-0.4, -0.2) is 48.3 Å². The van der Waals surface area contributed by atoms with Crippen LogP contribution in [0, 0.1) is 6.92 Å². The summed E-state index contributed by atoms with van der Waals surface area (Å²) in [5.41, 5.74) is 0.958. The van der Waals surface area contributed by atoms with E-state index < -0.39 is 20.5 Å². The number of hydrogen-bond donors (Lipinski definition) is 0. The standard InChI is InChI=1S/C16H16N2O3S2/c1-11-17-13(8-22-11)15(19)18-7-14-16(9-18,10-23(14,20)21)12-5-3-2-4-6-12/h2-6,8,14H,7,9-10H2,1H3/t14-,16-/m1/s1. The Bertz CT molecular complexity index is 876. The van der Waals surface area contributed by atoms with Gasteiger partial charge in [-0.05, 0) is 12.5 Å². The van der Waals surface area contributed by atoms with Crippen molar-refractivity contribution in [3.8, 4) is 0 Å². The zero-order valence-electron chi connectivity index (χ0n) is 12.6. The van der Waals surface area contributed by atoms with E-state index in [0.717, 1.165) is 10.6 Å². The summed E-state index contributed by atoms with van der Waals surface area (Å²) in [6, 6.07) is 9.67. The van der Waals surface area contributed by atoms with Gasteiger partial charge in [-0.25, -0.2) is 13.4 Å². The molecular formula is C16H16N2O3S2. The van der Waals surface area contributed by atoms with Crippen molar-refractivity contribution in [2.45, 2.75) is 17.6 Å². The van der Waals surface area contributed by atoms with Gasteiger partial charge in [-0.1, -0.05) is 30.3 Å². The molecule has 4 rings (SSSR count). The highest BCUT2D eigenvalue weighted by atomic mass is 32.2. The molecule has 2 aliphatic heterocycles. The number of aromatic nitrogens is 1. The van der Waals surface area contributed by atoms with Gasteiger partial charge in [0.15, 0.2) is 9.84 Å². The number of fused-ring (bicyclic) bond motifs is 1. The van der Waals surface area contributed by atoms with E-state index in [0.29, 0.717) is 12.2 Å². The van der Waals surface area contributed by atoms with Crippen LogP contribution < -0.4 is 0 Å². The fourth-order valence-electron chi connectivity index (χ4n) is 3.75. The molecule has 2 aliphatic rings. The van der Waals surface area contributed by atoms with E-state index in [4.69, 9.17) is 0 Å². The molecule has 2 fully saturated rings. The molecule has 1 aromatic carbocycles. The van der Waals surface area contributed by atoms with Crippen molar-refractivity contribution >= 4 is 27.1 Å². The molecule has 23 heavy (non-hydrogen) atoms. The van der Waals surface area contributed by atoms with Gasteiger partial charge in [0, 0.05) is 23.9 Å². The number of carbonyl (C=O) groups is 1. The first kappa shape index (κ1) is 14.8. The summed E-state index contributed by atoms with van der Waals surface area (Å²) in [5.74, 6) is -0.0524. The lowest BCUT2D eigenvalue weighted by molar-refractivity contribution is 0.0781. The molecule has 7 heteroatoms. The van der Waals surface area contributed by atoms with Crippen molar-refractivity contribution < 1.29 is 13.2 Å². The average Bonchev–Trinajstić information content (AvgIpc) is 3.10. The van der Waals surface area contributed by atoms with E-state index in [2.05, 4.69) is 4.98 Å². The topological polar surface area (TPSA) is 67.3 Å². The molecule has 0 radical (unpaired) electrons. The summed E-state index contributed by atoms with van der Waals surface area (Å²) < 4.78 is 24.5. The predicted octanol–water partition coefficient (Wildman–Crippen LogP) is 1.64. The Hall–Kier alpha value is -1.73. The Balaban J connectivity index is 1.69. The summed E-state index contributed by atoms with van der Waals surface area (Å²) in [6.45, 7) is 2.55. The summed E-state index contributed by atoms with van der Waals surface area (Å²) in [5, 5.41) is 2.07. The van der Waals surface area contributed by atoms with Gasteiger partial charge < -0.3 is 4.90 Å². The third kappa shape index (κ3) is 2.14. The minimum absolute atomic E-state index is 0.120. The molecule has 0 bridgehead atoms. The Morgan fingerprint density at radius 1 is 1.35 bits per heavy atom. The van der Waals surface area contributed by atoms with Gasteiger partial charge in [-0.2, -0.15) is 0 Å². The van der Waals surface area contributed by atoms with E-state index >= 15 is 0 Å². The number of benzene rings is 1. The van der Waals surface area contributed by atoms with E-state index in [9.17, 15) is 13.2 Å². The fraction of sp³-hybridized carbons (Fsp3) is 0.375. The first-order valence-corrected chi connectivity index (χ1v) is 10.0.